The Morgan fingerprint density at radius 3 is 2.38 bits per heavy atom. The molecule has 136 valence electrons. The summed E-state index contributed by atoms with van der Waals surface area (Å²) >= 11 is 0. The Morgan fingerprint density at radius 1 is 1.29 bits per heavy atom. The maximum atomic E-state index is 10.0. The Balaban J connectivity index is 0.000000307. The van der Waals surface area contributed by atoms with Crippen molar-refractivity contribution in [3.63, 3.8) is 0 Å². The van der Waals surface area contributed by atoms with Crippen molar-refractivity contribution in [3.8, 4) is 0 Å². The lowest BCUT2D eigenvalue weighted by Crippen LogP contribution is -2.42. The fourth-order valence-corrected chi connectivity index (χ4v) is 2.75. The molecule has 5 heteroatoms. The van der Waals surface area contributed by atoms with E-state index in [0.717, 1.165) is 13.1 Å². The quantitative estimate of drug-likeness (QED) is 0.889. The van der Waals surface area contributed by atoms with E-state index in [9.17, 15) is 9.90 Å². The van der Waals surface area contributed by atoms with Crippen LogP contribution in [0.3, 0.4) is 0 Å². The number of nitrogens with zero attached hydrogens (tertiary/aromatic N) is 1. The highest BCUT2D eigenvalue weighted by molar-refractivity contribution is 5.65. The normalized spacial score (nSPS) is 21.5. The number of rotatable bonds is 3. The van der Waals surface area contributed by atoms with E-state index in [0.29, 0.717) is 18.6 Å². The first-order valence-electron chi connectivity index (χ1n) is 8.58. The van der Waals surface area contributed by atoms with Gasteiger partial charge in [-0.1, -0.05) is 30.3 Å². The molecule has 24 heavy (non-hydrogen) atoms. The van der Waals surface area contributed by atoms with E-state index >= 15 is 0 Å². The number of amides is 1. The molecule has 1 aliphatic heterocycles. The van der Waals surface area contributed by atoms with Gasteiger partial charge in [0.1, 0.15) is 5.60 Å². The topological polar surface area (TPSA) is 75.8 Å². The van der Waals surface area contributed by atoms with Crippen molar-refractivity contribution in [3.05, 3.63) is 35.9 Å². The molecule has 2 unspecified atom stereocenters. The standard InChI is InChI=1S/C14H21NO.C5H11NO2/c1-12-7-8-14(11-16)10-15(12)9-13-5-3-2-4-6-13;1-5(2,3)8-4(6)7/h2-6,12,14,16H,7-11H2,1H3;1-3H3,(H2,6,7). The van der Waals surface area contributed by atoms with E-state index in [1.807, 2.05) is 0 Å². The van der Waals surface area contributed by atoms with Crippen LogP contribution in [-0.4, -0.2) is 40.9 Å². The molecule has 3 N–H and O–H groups in total. The third-order valence-corrected chi connectivity index (χ3v) is 4.00. The molecule has 0 radical (unpaired) electrons. The molecule has 2 atom stereocenters. The summed E-state index contributed by atoms with van der Waals surface area (Å²) in [5, 5.41) is 9.23. The summed E-state index contributed by atoms with van der Waals surface area (Å²) in [5.41, 5.74) is 5.63. The first-order chi connectivity index (χ1) is 11.2. The number of aliphatic hydroxyl groups excluding tert-OH is 1. The summed E-state index contributed by atoms with van der Waals surface area (Å²) in [6.45, 7) is 9.95. The molecular weight excluding hydrogens is 304 g/mol. The molecule has 1 aromatic carbocycles. The minimum Gasteiger partial charge on any atom is -0.444 e. The average Bonchev–Trinajstić information content (AvgIpc) is 2.49. The summed E-state index contributed by atoms with van der Waals surface area (Å²) in [4.78, 5) is 12.5. The minimum absolute atomic E-state index is 0.331. The van der Waals surface area contributed by atoms with Gasteiger partial charge in [-0.05, 0) is 52.0 Å². The number of benzene rings is 1. The van der Waals surface area contributed by atoms with Gasteiger partial charge >= 0.3 is 6.09 Å². The van der Waals surface area contributed by atoms with Crippen LogP contribution in [0.15, 0.2) is 30.3 Å². The Bertz CT molecular complexity index is 485. The number of carbonyl (C=O) groups is 1. The monoisotopic (exact) mass is 336 g/mol. The second-order valence-corrected chi connectivity index (χ2v) is 7.42. The first-order valence-corrected chi connectivity index (χ1v) is 8.58. The number of primary amides is 1. The largest absolute Gasteiger partial charge is 0.444 e. The molecule has 0 spiro atoms. The second-order valence-electron chi connectivity index (χ2n) is 7.42. The van der Waals surface area contributed by atoms with Crippen LogP contribution < -0.4 is 5.73 Å². The number of hydrogen-bond donors (Lipinski definition) is 2. The van der Waals surface area contributed by atoms with Crippen LogP contribution in [0.4, 0.5) is 4.79 Å². The van der Waals surface area contributed by atoms with Crippen LogP contribution in [0.5, 0.6) is 0 Å². The molecule has 0 aliphatic carbocycles. The molecule has 1 amide bonds. The first kappa shape index (κ1) is 20.5. The van der Waals surface area contributed by atoms with Gasteiger partial charge in [0.15, 0.2) is 0 Å². The Morgan fingerprint density at radius 2 is 1.92 bits per heavy atom. The zero-order chi connectivity index (χ0) is 18.2. The molecule has 1 aromatic rings. The van der Waals surface area contributed by atoms with Crippen LogP contribution in [0.1, 0.15) is 46.1 Å². The van der Waals surface area contributed by atoms with Crippen molar-refractivity contribution in [2.45, 2.75) is 58.7 Å². The van der Waals surface area contributed by atoms with Gasteiger partial charge in [0.2, 0.25) is 0 Å². The summed E-state index contributed by atoms with van der Waals surface area (Å²) in [6.07, 6.45) is 1.65. The van der Waals surface area contributed by atoms with Crippen molar-refractivity contribution in [2.24, 2.45) is 11.7 Å². The average molecular weight is 336 g/mol. The van der Waals surface area contributed by atoms with Crippen LogP contribution in [0.2, 0.25) is 0 Å². The zero-order valence-electron chi connectivity index (χ0n) is 15.4. The van der Waals surface area contributed by atoms with Crippen molar-refractivity contribution >= 4 is 6.09 Å². The number of ether oxygens (including phenoxy) is 1. The van der Waals surface area contributed by atoms with E-state index in [2.05, 4.69) is 46.9 Å². The van der Waals surface area contributed by atoms with Gasteiger partial charge in [-0.25, -0.2) is 4.79 Å². The number of hydrogen-bond acceptors (Lipinski definition) is 4. The predicted molar refractivity (Wildman–Crippen MR) is 96.5 cm³/mol. The molecule has 2 rings (SSSR count). The molecule has 0 bridgehead atoms. The highest BCUT2D eigenvalue weighted by Gasteiger charge is 2.24. The van der Waals surface area contributed by atoms with E-state index in [4.69, 9.17) is 5.73 Å². The van der Waals surface area contributed by atoms with Crippen molar-refractivity contribution in [1.29, 1.82) is 0 Å². The van der Waals surface area contributed by atoms with E-state index in [1.165, 1.54) is 18.4 Å². The summed E-state index contributed by atoms with van der Waals surface area (Å²) < 4.78 is 4.58. The zero-order valence-corrected chi connectivity index (χ0v) is 15.4. The highest BCUT2D eigenvalue weighted by Crippen LogP contribution is 2.23. The van der Waals surface area contributed by atoms with E-state index in [-0.39, 0.29) is 0 Å². The van der Waals surface area contributed by atoms with Crippen molar-refractivity contribution in [1.82, 2.24) is 4.90 Å². The SMILES string of the molecule is CC(C)(C)OC(N)=O.CC1CCC(CO)CN1Cc1ccccc1. The predicted octanol–water partition coefficient (Wildman–Crippen LogP) is 3.16. The van der Waals surface area contributed by atoms with Gasteiger partial charge in [-0.2, -0.15) is 0 Å². The van der Waals surface area contributed by atoms with Gasteiger partial charge in [0, 0.05) is 25.7 Å². The fourth-order valence-electron chi connectivity index (χ4n) is 2.75. The molecule has 1 saturated heterocycles. The molecular formula is C19H32N2O3. The number of piperidine rings is 1. The Hall–Kier alpha value is -1.59. The number of likely N-dealkylation sites (tertiary alicyclic amines) is 1. The lowest BCUT2D eigenvalue weighted by atomic mass is 9.93. The van der Waals surface area contributed by atoms with Crippen LogP contribution >= 0.6 is 0 Å². The van der Waals surface area contributed by atoms with Gasteiger partial charge < -0.3 is 15.6 Å². The third-order valence-electron chi connectivity index (χ3n) is 4.00. The molecule has 5 nitrogen and oxygen atoms in total. The molecule has 0 aromatic heterocycles. The highest BCUT2D eigenvalue weighted by atomic mass is 16.6. The molecule has 1 aliphatic rings. The van der Waals surface area contributed by atoms with E-state index < -0.39 is 11.7 Å². The van der Waals surface area contributed by atoms with Crippen LogP contribution in [-0.2, 0) is 11.3 Å². The van der Waals surface area contributed by atoms with Crippen molar-refractivity contribution in [2.75, 3.05) is 13.2 Å². The number of aliphatic hydroxyl groups is 1. The lowest BCUT2D eigenvalue weighted by molar-refractivity contribution is 0.0600. The maximum absolute atomic E-state index is 10.0. The maximum Gasteiger partial charge on any atom is 0.405 e. The van der Waals surface area contributed by atoms with Gasteiger partial charge in [0.25, 0.3) is 0 Å². The number of nitrogens with two attached hydrogens (primary N) is 1. The van der Waals surface area contributed by atoms with Crippen LogP contribution in [0.25, 0.3) is 0 Å². The molecule has 1 heterocycles. The second kappa shape index (κ2) is 9.64. The smallest absolute Gasteiger partial charge is 0.405 e. The summed E-state index contributed by atoms with van der Waals surface area (Å²) in [5.74, 6) is 0.472. The Kier molecular flexibility index (Phi) is 8.22. The lowest BCUT2D eigenvalue weighted by Gasteiger charge is -2.37. The summed E-state index contributed by atoms with van der Waals surface area (Å²) in [6, 6.07) is 11.2. The van der Waals surface area contributed by atoms with Gasteiger partial charge in [-0.15, -0.1) is 0 Å². The van der Waals surface area contributed by atoms with Crippen molar-refractivity contribution < 1.29 is 14.6 Å². The molecule has 0 saturated carbocycles. The van der Waals surface area contributed by atoms with E-state index in [1.54, 1.807) is 20.8 Å². The van der Waals surface area contributed by atoms with Crippen LogP contribution in [0, 0.1) is 5.92 Å². The molecule has 1 fully saturated rings. The Labute approximate surface area is 145 Å². The third kappa shape index (κ3) is 8.31. The minimum atomic E-state index is -0.725. The van der Waals surface area contributed by atoms with Gasteiger partial charge in [-0.3, -0.25) is 4.90 Å². The number of carbonyl (C=O) groups excluding carboxylic acids is 1. The fraction of sp³-hybridized carbons (Fsp3) is 0.632. The van der Waals surface area contributed by atoms with Gasteiger partial charge in [0.05, 0.1) is 0 Å². The summed E-state index contributed by atoms with van der Waals surface area (Å²) in [7, 11) is 0.